The van der Waals surface area contributed by atoms with Gasteiger partial charge in [0.2, 0.25) is 0 Å². The average Bonchev–Trinajstić information content (AvgIpc) is 2.79. The van der Waals surface area contributed by atoms with Gasteiger partial charge in [0.1, 0.15) is 0 Å². The van der Waals surface area contributed by atoms with Crippen LogP contribution in [0.2, 0.25) is 10.0 Å². The molecule has 0 aromatic carbocycles. The Bertz CT molecular complexity index is 466. The summed E-state index contributed by atoms with van der Waals surface area (Å²) in [7, 11) is 0. The van der Waals surface area contributed by atoms with E-state index in [4.69, 9.17) is 32.7 Å². The third kappa shape index (κ3) is 4.61. The average molecular weight is 334 g/mol. The van der Waals surface area contributed by atoms with Crippen molar-refractivity contribution in [2.75, 3.05) is 13.2 Å². The summed E-state index contributed by atoms with van der Waals surface area (Å²) >= 11 is 13.5. The van der Waals surface area contributed by atoms with Gasteiger partial charge in [-0.15, -0.1) is 11.3 Å². The van der Waals surface area contributed by atoms with Gasteiger partial charge in [-0.2, -0.15) is 5.26 Å². The van der Waals surface area contributed by atoms with E-state index in [1.54, 1.807) is 5.38 Å². The van der Waals surface area contributed by atoms with E-state index in [-0.39, 0.29) is 12.2 Å². The minimum Gasteiger partial charge on any atom is -0.353 e. The smallest absolute Gasteiger partial charge is 0.157 e. The fourth-order valence-electron chi connectivity index (χ4n) is 2.12. The molecule has 1 aliphatic heterocycles. The number of rotatable bonds is 6. The highest BCUT2D eigenvalue weighted by Gasteiger charge is 2.17. The van der Waals surface area contributed by atoms with E-state index in [0.29, 0.717) is 29.5 Å². The van der Waals surface area contributed by atoms with Crippen molar-refractivity contribution < 1.29 is 9.47 Å². The molecule has 0 N–H and O–H groups in total. The number of ether oxygens (including phenoxy) is 2. The van der Waals surface area contributed by atoms with Crippen LogP contribution in [0.1, 0.15) is 30.6 Å². The highest BCUT2D eigenvalue weighted by molar-refractivity contribution is 7.11. The van der Waals surface area contributed by atoms with Crippen molar-refractivity contribution in [1.29, 1.82) is 5.26 Å². The van der Waals surface area contributed by atoms with Crippen LogP contribution in [0, 0.1) is 17.2 Å². The van der Waals surface area contributed by atoms with Crippen LogP contribution < -0.4 is 0 Å². The zero-order chi connectivity index (χ0) is 14.4. The third-order valence-corrected chi connectivity index (χ3v) is 5.36. The molecule has 110 valence electrons. The van der Waals surface area contributed by atoms with Crippen LogP contribution in [0.15, 0.2) is 5.38 Å². The molecule has 0 saturated carbocycles. The Labute approximate surface area is 133 Å². The van der Waals surface area contributed by atoms with Crippen LogP contribution in [0.5, 0.6) is 0 Å². The van der Waals surface area contributed by atoms with Crippen LogP contribution >= 0.6 is 34.5 Å². The Morgan fingerprint density at radius 2 is 2.35 bits per heavy atom. The molecule has 1 saturated heterocycles. The Hall–Kier alpha value is -0.310. The van der Waals surface area contributed by atoms with Gasteiger partial charge in [0.25, 0.3) is 0 Å². The molecule has 0 aliphatic carbocycles. The second kappa shape index (κ2) is 8.21. The van der Waals surface area contributed by atoms with Crippen molar-refractivity contribution >= 4 is 34.5 Å². The lowest BCUT2D eigenvalue weighted by molar-refractivity contribution is -0.163. The maximum atomic E-state index is 9.21. The quantitative estimate of drug-likeness (QED) is 0.759. The largest absolute Gasteiger partial charge is 0.353 e. The number of halogens is 2. The maximum absolute atomic E-state index is 9.21. The predicted octanol–water partition coefficient (Wildman–Crippen LogP) is 4.67. The first kappa shape index (κ1) is 16.1. The molecule has 0 spiro atoms. The first-order chi connectivity index (χ1) is 9.70. The molecule has 1 aromatic rings. The summed E-state index contributed by atoms with van der Waals surface area (Å²) in [5.74, 6) is -0.106. The van der Waals surface area contributed by atoms with Gasteiger partial charge in [-0.25, -0.2) is 0 Å². The lowest BCUT2D eigenvalue weighted by atomic mass is 10.0. The van der Waals surface area contributed by atoms with Gasteiger partial charge in [-0.1, -0.05) is 23.2 Å². The number of nitriles is 1. The van der Waals surface area contributed by atoms with E-state index >= 15 is 0 Å². The van der Waals surface area contributed by atoms with Crippen LogP contribution in [0.3, 0.4) is 0 Å². The monoisotopic (exact) mass is 333 g/mol. The van der Waals surface area contributed by atoms with Crippen LogP contribution in [0.25, 0.3) is 0 Å². The molecule has 0 radical (unpaired) electrons. The maximum Gasteiger partial charge on any atom is 0.157 e. The zero-order valence-corrected chi connectivity index (χ0v) is 13.4. The molecule has 2 unspecified atom stereocenters. The molecule has 6 heteroatoms. The summed E-state index contributed by atoms with van der Waals surface area (Å²) < 4.78 is 11.2. The van der Waals surface area contributed by atoms with E-state index in [1.165, 1.54) is 11.3 Å². The molecule has 1 aromatic heterocycles. The Balaban J connectivity index is 1.75. The van der Waals surface area contributed by atoms with Crippen molar-refractivity contribution in [2.24, 2.45) is 5.92 Å². The number of thiophene rings is 1. The molecular weight excluding hydrogens is 317 g/mol. The van der Waals surface area contributed by atoms with E-state index < -0.39 is 0 Å². The van der Waals surface area contributed by atoms with E-state index in [9.17, 15) is 5.26 Å². The van der Waals surface area contributed by atoms with Crippen molar-refractivity contribution in [3.05, 3.63) is 20.3 Å². The first-order valence-electron chi connectivity index (χ1n) is 6.75. The number of hydrogen-bond acceptors (Lipinski definition) is 4. The van der Waals surface area contributed by atoms with Gasteiger partial charge >= 0.3 is 0 Å². The fourth-order valence-corrected chi connectivity index (χ4v) is 3.63. The van der Waals surface area contributed by atoms with Crippen LogP contribution in [-0.2, 0) is 15.9 Å². The predicted molar refractivity (Wildman–Crippen MR) is 81.3 cm³/mol. The SMILES string of the molecule is N#CC(CCOC1CCCCO1)Cc1scc(Cl)c1Cl. The summed E-state index contributed by atoms with van der Waals surface area (Å²) in [6.45, 7) is 1.31. The summed E-state index contributed by atoms with van der Waals surface area (Å²) in [6, 6.07) is 2.31. The van der Waals surface area contributed by atoms with E-state index in [2.05, 4.69) is 6.07 Å². The fraction of sp³-hybridized carbons (Fsp3) is 0.643. The standard InChI is InChI=1S/C14H17Cl2NO2S/c15-11-9-20-12(14(11)16)7-10(8-17)4-6-19-13-3-1-2-5-18-13/h9-10,13H,1-7H2. The summed E-state index contributed by atoms with van der Waals surface area (Å²) in [5.41, 5.74) is 0. The molecule has 0 bridgehead atoms. The Morgan fingerprint density at radius 1 is 1.50 bits per heavy atom. The number of nitrogens with zero attached hydrogens (tertiary/aromatic N) is 1. The third-order valence-electron chi connectivity index (χ3n) is 3.28. The van der Waals surface area contributed by atoms with E-state index in [0.717, 1.165) is 30.7 Å². The molecular formula is C14H17Cl2NO2S. The molecule has 3 nitrogen and oxygen atoms in total. The van der Waals surface area contributed by atoms with Crippen molar-refractivity contribution in [2.45, 2.75) is 38.4 Å². The Morgan fingerprint density at radius 3 is 2.95 bits per heavy atom. The summed E-state index contributed by atoms with van der Waals surface area (Å²) in [4.78, 5) is 0.970. The van der Waals surface area contributed by atoms with Gasteiger partial charge < -0.3 is 9.47 Å². The lowest BCUT2D eigenvalue weighted by Gasteiger charge is -2.23. The van der Waals surface area contributed by atoms with Crippen molar-refractivity contribution in [3.63, 3.8) is 0 Å². The summed E-state index contributed by atoms with van der Waals surface area (Å²) in [6.07, 6.45) is 4.42. The highest BCUT2D eigenvalue weighted by atomic mass is 35.5. The highest BCUT2D eigenvalue weighted by Crippen LogP contribution is 2.33. The second-order valence-electron chi connectivity index (χ2n) is 4.81. The molecule has 20 heavy (non-hydrogen) atoms. The molecule has 2 rings (SSSR count). The zero-order valence-electron chi connectivity index (χ0n) is 11.1. The minimum absolute atomic E-state index is 0.0946. The van der Waals surface area contributed by atoms with Gasteiger partial charge in [0.05, 0.1) is 28.6 Å². The minimum atomic E-state index is -0.106. The van der Waals surface area contributed by atoms with Gasteiger partial charge in [-0.05, 0) is 32.1 Å². The molecule has 1 fully saturated rings. The van der Waals surface area contributed by atoms with Crippen LogP contribution in [0.4, 0.5) is 0 Å². The molecule has 2 atom stereocenters. The van der Waals surface area contributed by atoms with Crippen molar-refractivity contribution in [1.82, 2.24) is 0 Å². The topological polar surface area (TPSA) is 42.2 Å². The van der Waals surface area contributed by atoms with Crippen LogP contribution in [-0.4, -0.2) is 19.5 Å². The number of hydrogen-bond donors (Lipinski definition) is 0. The molecule has 2 heterocycles. The second-order valence-corrected chi connectivity index (χ2v) is 6.56. The lowest BCUT2D eigenvalue weighted by Crippen LogP contribution is -2.23. The van der Waals surface area contributed by atoms with Gasteiger partial charge in [0, 0.05) is 16.9 Å². The Kier molecular flexibility index (Phi) is 6.60. The van der Waals surface area contributed by atoms with E-state index in [1.807, 2.05) is 0 Å². The first-order valence-corrected chi connectivity index (χ1v) is 8.38. The van der Waals surface area contributed by atoms with Gasteiger partial charge in [0.15, 0.2) is 6.29 Å². The van der Waals surface area contributed by atoms with Gasteiger partial charge in [-0.3, -0.25) is 0 Å². The summed E-state index contributed by atoms with van der Waals surface area (Å²) in [5, 5.41) is 12.2. The normalized spacial score (nSPS) is 20.6. The molecule has 1 aliphatic rings. The van der Waals surface area contributed by atoms with Crippen molar-refractivity contribution in [3.8, 4) is 6.07 Å². The molecule has 0 amide bonds.